The van der Waals surface area contributed by atoms with E-state index in [-0.39, 0.29) is 0 Å². The smallest absolute Gasteiger partial charge is 0.396 e. The molecule has 0 aliphatic rings. The highest BCUT2D eigenvalue weighted by molar-refractivity contribution is 6.37. The van der Waals surface area contributed by atoms with Gasteiger partial charge in [-0.2, -0.15) is 0 Å². The Kier molecular flexibility index (Phi) is 4.47. The number of esters is 1. The highest BCUT2D eigenvalue weighted by Gasteiger charge is 2.13. The number of carbonyl (C=O) groups is 2. The summed E-state index contributed by atoms with van der Waals surface area (Å²) >= 11 is 0. The number of hydrogen-bond acceptors (Lipinski definition) is 4. The number of benzene rings is 1. The van der Waals surface area contributed by atoms with Gasteiger partial charge in [0.2, 0.25) is 0 Å². The molecule has 0 fully saturated rings. The number of hydrogen-bond donors (Lipinski definition) is 1. The van der Waals surface area contributed by atoms with Crippen molar-refractivity contribution >= 4 is 17.6 Å². The summed E-state index contributed by atoms with van der Waals surface area (Å²) < 4.78 is 9.24. The Morgan fingerprint density at radius 1 is 1.31 bits per heavy atom. The van der Waals surface area contributed by atoms with Crippen molar-refractivity contribution in [2.75, 3.05) is 19.5 Å². The molecule has 5 nitrogen and oxygen atoms in total. The average molecular weight is 223 g/mol. The Hall–Kier alpha value is -1.88. The molecule has 0 atom stereocenters. The number of amides is 1. The van der Waals surface area contributed by atoms with E-state index in [9.17, 15) is 9.59 Å². The van der Waals surface area contributed by atoms with Gasteiger partial charge in [-0.05, 0) is 17.7 Å². The maximum Gasteiger partial charge on any atom is 0.396 e. The molecule has 1 rings (SSSR count). The minimum atomic E-state index is -0.919. The maximum absolute atomic E-state index is 11.2. The van der Waals surface area contributed by atoms with Gasteiger partial charge in [0, 0.05) is 12.8 Å². The van der Waals surface area contributed by atoms with E-state index >= 15 is 0 Å². The van der Waals surface area contributed by atoms with E-state index in [2.05, 4.69) is 10.1 Å². The van der Waals surface area contributed by atoms with Crippen LogP contribution in [0.2, 0.25) is 0 Å². The quantitative estimate of drug-likeness (QED) is 0.612. The van der Waals surface area contributed by atoms with Crippen LogP contribution in [-0.4, -0.2) is 26.1 Å². The van der Waals surface area contributed by atoms with Crippen molar-refractivity contribution < 1.29 is 19.1 Å². The molecule has 0 saturated carbocycles. The minimum absolute atomic E-state index is 0.446. The number of methoxy groups -OCH3 is 2. The number of nitrogens with one attached hydrogen (secondary N) is 1. The van der Waals surface area contributed by atoms with Crippen LogP contribution in [0.4, 0.5) is 5.69 Å². The summed E-state index contributed by atoms with van der Waals surface area (Å²) in [5.41, 5.74) is 1.44. The molecule has 0 saturated heterocycles. The zero-order valence-electron chi connectivity index (χ0n) is 9.15. The van der Waals surface area contributed by atoms with Gasteiger partial charge >= 0.3 is 11.9 Å². The number of ether oxygens (including phenoxy) is 2. The van der Waals surface area contributed by atoms with Gasteiger partial charge in [0.1, 0.15) is 0 Å². The normalized spacial score (nSPS) is 9.62. The molecule has 0 aliphatic carbocycles. The first-order valence-corrected chi connectivity index (χ1v) is 4.64. The van der Waals surface area contributed by atoms with Crippen LogP contribution in [0.1, 0.15) is 5.56 Å². The first-order valence-electron chi connectivity index (χ1n) is 4.64. The van der Waals surface area contributed by atoms with Crippen molar-refractivity contribution in [3.05, 3.63) is 29.8 Å². The molecule has 0 heterocycles. The van der Waals surface area contributed by atoms with E-state index in [0.717, 1.165) is 12.7 Å². The van der Waals surface area contributed by atoms with Crippen LogP contribution in [0.3, 0.4) is 0 Å². The molecule has 0 bridgehead atoms. The van der Waals surface area contributed by atoms with Gasteiger partial charge < -0.3 is 14.8 Å². The van der Waals surface area contributed by atoms with Gasteiger partial charge in [-0.25, -0.2) is 4.79 Å². The first kappa shape index (κ1) is 12.2. The van der Waals surface area contributed by atoms with Gasteiger partial charge in [-0.1, -0.05) is 12.1 Å². The Morgan fingerprint density at radius 2 is 2.06 bits per heavy atom. The molecule has 1 amide bonds. The molecule has 1 N–H and O–H groups in total. The lowest BCUT2D eigenvalue weighted by atomic mass is 10.2. The summed E-state index contributed by atoms with van der Waals surface area (Å²) in [6.45, 7) is 0.446. The minimum Gasteiger partial charge on any atom is -0.462 e. The average Bonchev–Trinajstić information content (AvgIpc) is 2.29. The summed E-state index contributed by atoms with van der Waals surface area (Å²) in [5.74, 6) is -1.71. The molecule has 1 aromatic carbocycles. The van der Waals surface area contributed by atoms with Gasteiger partial charge in [-0.3, -0.25) is 4.79 Å². The van der Waals surface area contributed by atoms with E-state index in [0.29, 0.717) is 12.3 Å². The lowest BCUT2D eigenvalue weighted by Gasteiger charge is -2.05. The van der Waals surface area contributed by atoms with Crippen LogP contribution in [-0.2, 0) is 25.7 Å². The first-order chi connectivity index (χ1) is 7.67. The van der Waals surface area contributed by atoms with Crippen molar-refractivity contribution in [1.29, 1.82) is 0 Å². The lowest BCUT2D eigenvalue weighted by Crippen LogP contribution is -2.23. The molecule has 16 heavy (non-hydrogen) atoms. The largest absolute Gasteiger partial charge is 0.462 e. The molecule has 0 spiro atoms. The number of carbonyl (C=O) groups excluding carboxylic acids is 2. The van der Waals surface area contributed by atoms with Crippen LogP contribution in [0.5, 0.6) is 0 Å². The SMILES string of the molecule is COCc1cccc(NC(=O)C(=O)OC)c1. The van der Waals surface area contributed by atoms with Crippen molar-refractivity contribution in [2.45, 2.75) is 6.61 Å². The summed E-state index contributed by atoms with van der Waals surface area (Å²) in [7, 11) is 2.74. The van der Waals surface area contributed by atoms with E-state index in [1.54, 1.807) is 25.3 Å². The van der Waals surface area contributed by atoms with E-state index in [1.165, 1.54) is 0 Å². The number of anilines is 1. The fraction of sp³-hybridized carbons (Fsp3) is 0.273. The highest BCUT2D eigenvalue weighted by atomic mass is 16.5. The molecular weight excluding hydrogens is 210 g/mol. The van der Waals surface area contributed by atoms with Crippen LogP contribution < -0.4 is 5.32 Å². The maximum atomic E-state index is 11.2. The third-order valence-electron chi connectivity index (χ3n) is 1.87. The topological polar surface area (TPSA) is 64.6 Å². The Bertz CT molecular complexity index is 389. The second-order valence-corrected chi connectivity index (χ2v) is 3.08. The molecule has 0 radical (unpaired) electrons. The molecule has 0 aromatic heterocycles. The van der Waals surface area contributed by atoms with Crippen LogP contribution in [0.25, 0.3) is 0 Å². The van der Waals surface area contributed by atoms with Crippen LogP contribution in [0, 0.1) is 0 Å². The number of rotatable bonds is 3. The molecular formula is C11H13NO4. The van der Waals surface area contributed by atoms with Gasteiger partial charge in [0.15, 0.2) is 0 Å². The van der Waals surface area contributed by atoms with Crippen molar-refractivity contribution in [3.8, 4) is 0 Å². The summed E-state index contributed by atoms with van der Waals surface area (Å²) in [4.78, 5) is 22.1. The summed E-state index contributed by atoms with van der Waals surface area (Å²) in [6.07, 6.45) is 0. The highest BCUT2D eigenvalue weighted by Crippen LogP contribution is 2.11. The third kappa shape index (κ3) is 3.36. The zero-order valence-corrected chi connectivity index (χ0v) is 9.15. The summed E-state index contributed by atoms with van der Waals surface area (Å²) in [6, 6.07) is 7.03. The Labute approximate surface area is 93.4 Å². The fourth-order valence-electron chi connectivity index (χ4n) is 1.18. The predicted molar refractivity (Wildman–Crippen MR) is 57.8 cm³/mol. The molecule has 86 valence electrons. The van der Waals surface area contributed by atoms with E-state index in [1.807, 2.05) is 6.07 Å². The standard InChI is InChI=1S/C11H13NO4/c1-15-7-8-4-3-5-9(6-8)12-10(13)11(14)16-2/h3-6H,7H2,1-2H3,(H,12,13). The second-order valence-electron chi connectivity index (χ2n) is 3.08. The third-order valence-corrected chi connectivity index (χ3v) is 1.87. The van der Waals surface area contributed by atoms with Crippen molar-refractivity contribution in [1.82, 2.24) is 0 Å². The van der Waals surface area contributed by atoms with Crippen LogP contribution in [0.15, 0.2) is 24.3 Å². The van der Waals surface area contributed by atoms with Gasteiger partial charge in [0.25, 0.3) is 0 Å². The Balaban J connectivity index is 2.70. The molecule has 0 aliphatic heterocycles. The summed E-state index contributed by atoms with van der Waals surface area (Å²) in [5, 5.41) is 2.42. The van der Waals surface area contributed by atoms with E-state index < -0.39 is 11.9 Å². The van der Waals surface area contributed by atoms with E-state index in [4.69, 9.17) is 4.74 Å². The molecule has 1 aromatic rings. The van der Waals surface area contributed by atoms with Gasteiger partial charge in [-0.15, -0.1) is 0 Å². The lowest BCUT2D eigenvalue weighted by molar-refractivity contribution is -0.150. The van der Waals surface area contributed by atoms with Crippen molar-refractivity contribution in [2.24, 2.45) is 0 Å². The van der Waals surface area contributed by atoms with Crippen LogP contribution >= 0.6 is 0 Å². The molecule has 5 heteroatoms. The van der Waals surface area contributed by atoms with Crippen molar-refractivity contribution in [3.63, 3.8) is 0 Å². The Morgan fingerprint density at radius 3 is 2.69 bits per heavy atom. The second kappa shape index (κ2) is 5.87. The molecule has 0 unspecified atom stereocenters. The zero-order chi connectivity index (χ0) is 12.0. The monoisotopic (exact) mass is 223 g/mol. The van der Waals surface area contributed by atoms with Gasteiger partial charge in [0.05, 0.1) is 13.7 Å². The predicted octanol–water partition coefficient (Wildman–Crippen LogP) is 0.944. The fourth-order valence-corrected chi connectivity index (χ4v) is 1.18.